The number of rotatable bonds is 6. The predicted octanol–water partition coefficient (Wildman–Crippen LogP) is 4.13. The fraction of sp³-hybridized carbons (Fsp3) is 0.240. The number of hydrazine groups is 1. The third-order valence-corrected chi connectivity index (χ3v) is 5.56. The lowest BCUT2D eigenvalue weighted by Crippen LogP contribution is -2.54. The van der Waals surface area contributed by atoms with Crippen LogP contribution in [0.25, 0.3) is 11.8 Å². The first-order valence-corrected chi connectivity index (χ1v) is 11.1. The van der Waals surface area contributed by atoms with E-state index in [1.165, 1.54) is 12.1 Å². The number of amides is 1. The molecule has 3 aromatic rings. The average Bonchev–Trinajstić information content (AvgIpc) is 3.49. The molecule has 0 radical (unpaired) electrons. The molecule has 174 valence electrons. The van der Waals surface area contributed by atoms with Crippen LogP contribution < -0.4 is 14.5 Å². The van der Waals surface area contributed by atoms with Crippen molar-refractivity contribution in [2.75, 3.05) is 24.9 Å². The van der Waals surface area contributed by atoms with Gasteiger partial charge in [-0.1, -0.05) is 6.92 Å². The van der Waals surface area contributed by atoms with Gasteiger partial charge >= 0.3 is 0 Å². The molecule has 0 saturated heterocycles. The highest BCUT2D eigenvalue weighted by Crippen LogP contribution is 2.41. The smallest absolute Gasteiger partial charge is 0.267 e. The van der Waals surface area contributed by atoms with E-state index in [1.807, 2.05) is 53.9 Å². The number of aromatic nitrogens is 2. The minimum atomic E-state index is -0.352. The van der Waals surface area contributed by atoms with E-state index in [-0.39, 0.29) is 25.1 Å². The molecular formula is C25H24FN5O3. The summed E-state index contributed by atoms with van der Waals surface area (Å²) < 4.78 is 26.9. The van der Waals surface area contributed by atoms with Crippen molar-refractivity contribution in [1.29, 1.82) is 0 Å². The zero-order chi connectivity index (χ0) is 23.7. The number of hydrogen-bond acceptors (Lipinski definition) is 6. The Balaban J connectivity index is 1.47. The normalized spacial score (nSPS) is 15.4. The van der Waals surface area contributed by atoms with Crippen molar-refractivity contribution in [2.45, 2.75) is 20.3 Å². The Kier molecular flexibility index (Phi) is 5.75. The van der Waals surface area contributed by atoms with Crippen LogP contribution in [-0.2, 0) is 4.79 Å². The number of fused-ring (bicyclic) bond motifs is 1. The Morgan fingerprint density at radius 2 is 1.88 bits per heavy atom. The summed E-state index contributed by atoms with van der Waals surface area (Å²) in [5.74, 6) is 1.40. The Bertz CT molecular complexity index is 1280. The van der Waals surface area contributed by atoms with Crippen molar-refractivity contribution >= 4 is 23.5 Å². The molecule has 8 nitrogen and oxygen atoms in total. The third kappa shape index (κ3) is 4.00. The molecule has 2 aliphatic heterocycles. The summed E-state index contributed by atoms with van der Waals surface area (Å²) in [6.07, 6.45) is 8.21. The summed E-state index contributed by atoms with van der Waals surface area (Å²) in [6, 6.07) is 9.78. The largest absolute Gasteiger partial charge is 0.453 e. The topological polar surface area (TPSA) is 72.2 Å². The molecule has 0 unspecified atom stereocenters. The average molecular weight is 461 g/mol. The zero-order valence-electron chi connectivity index (χ0n) is 18.9. The second-order valence-electron chi connectivity index (χ2n) is 7.97. The van der Waals surface area contributed by atoms with Gasteiger partial charge in [0.15, 0.2) is 11.5 Å². The number of benzene rings is 2. The molecular weight excluding hydrogens is 437 g/mol. The highest BCUT2D eigenvalue weighted by Gasteiger charge is 2.29. The molecule has 1 amide bonds. The molecule has 0 fully saturated rings. The summed E-state index contributed by atoms with van der Waals surface area (Å²) in [5.41, 5.74) is 3.18. The highest BCUT2D eigenvalue weighted by molar-refractivity contribution is 6.07. The van der Waals surface area contributed by atoms with E-state index in [0.29, 0.717) is 29.6 Å². The number of aryl methyl sites for hydroxylation is 1. The second-order valence-corrected chi connectivity index (χ2v) is 7.97. The number of carbonyl (C=O) groups is 1. The maximum absolute atomic E-state index is 13.4. The van der Waals surface area contributed by atoms with E-state index < -0.39 is 0 Å². The fourth-order valence-corrected chi connectivity index (χ4v) is 4.02. The van der Waals surface area contributed by atoms with Gasteiger partial charge in [-0.05, 0) is 61.9 Å². The number of anilines is 1. The molecule has 0 saturated carbocycles. The van der Waals surface area contributed by atoms with Crippen LogP contribution in [-0.4, -0.2) is 46.2 Å². The van der Waals surface area contributed by atoms with Crippen molar-refractivity contribution in [1.82, 2.24) is 14.6 Å². The van der Waals surface area contributed by atoms with Gasteiger partial charge in [0.1, 0.15) is 18.2 Å². The van der Waals surface area contributed by atoms with Gasteiger partial charge in [-0.3, -0.25) is 14.8 Å². The molecule has 1 aromatic heterocycles. The number of carbonyl (C=O) groups excluding carboxylic acids is 1. The third-order valence-electron chi connectivity index (χ3n) is 5.56. The number of nitrogens with zero attached hydrogens (tertiary/aromatic N) is 5. The molecule has 9 heteroatoms. The number of ether oxygens (including phenoxy) is 2. The second kappa shape index (κ2) is 9.01. The number of imidazole rings is 1. The van der Waals surface area contributed by atoms with Gasteiger partial charge in [-0.15, -0.1) is 0 Å². The van der Waals surface area contributed by atoms with Crippen molar-refractivity contribution in [3.05, 3.63) is 72.1 Å². The molecule has 2 aromatic carbocycles. The molecule has 0 bridgehead atoms. The molecule has 3 heterocycles. The van der Waals surface area contributed by atoms with Crippen LogP contribution in [0.3, 0.4) is 0 Å². The first-order chi connectivity index (χ1) is 16.5. The fourth-order valence-electron chi connectivity index (χ4n) is 4.02. The van der Waals surface area contributed by atoms with Crippen LogP contribution in [0.4, 0.5) is 10.1 Å². The molecule has 0 aliphatic carbocycles. The summed E-state index contributed by atoms with van der Waals surface area (Å²) in [5, 5.41) is 3.37. The van der Waals surface area contributed by atoms with Gasteiger partial charge in [0.05, 0.1) is 23.4 Å². The van der Waals surface area contributed by atoms with Crippen molar-refractivity contribution in [3.63, 3.8) is 0 Å². The van der Waals surface area contributed by atoms with Crippen LogP contribution in [0.1, 0.15) is 24.6 Å². The minimum absolute atomic E-state index is 0.00784. The Morgan fingerprint density at radius 3 is 2.62 bits per heavy atom. The van der Waals surface area contributed by atoms with Gasteiger partial charge < -0.3 is 14.0 Å². The standard InChI is InChI=1S/C25H24FN5O3/c1-3-12-30-22(27-13-23(32)31(30)20-8-6-19(26)7-9-20)11-5-18-4-10-21(25-24(18)33-16-34-25)29-14-17(2)28-15-29/h4-11,14-15H,3,12-13,16H2,1-2H3/b11-5+. The van der Waals surface area contributed by atoms with Crippen LogP contribution >= 0.6 is 0 Å². The van der Waals surface area contributed by atoms with Gasteiger partial charge in [0, 0.05) is 18.3 Å². The quantitative estimate of drug-likeness (QED) is 0.552. The van der Waals surface area contributed by atoms with Crippen molar-refractivity contribution in [2.24, 2.45) is 4.99 Å². The van der Waals surface area contributed by atoms with E-state index in [4.69, 9.17) is 9.47 Å². The van der Waals surface area contributed by atoms with E-state index >= 15 is 0 Å². The molecule has 0 spiro atoms. The van der Waals surface area contributed by atoms with Gasteiger partial charge in [0.25, 0.3) is 5.91 Å². The van der Waals surface area contributed by atoms with Crippen LogP contribution in [0.15, 0.2) is 60.0 Å². The molecule has 34 heavy (non-hydrogen) atoms. The van der Waals surface area contributed by atoms with Crippen LogP contribution in [0, 0.1) is 12.7 Å². The first-order valence-electron chi connectivity index (χ1n) is 11.1. The van der Waals surface area contributed by atoms with Crippen LogP contribution in [0.5, 0.6) is 11.5 Å². The predicted molar refractivity (Wildman–Crippen MR) is 127 cm³/mol. The Hall–Kier alpha value is -4.14. The Labute approximate surface area is 196 Å². The minimum Gasteiger partial charge on any atom is -0.453 e. The van der Waals surface area contributed by atoms with Crippen molar-refractivity contribution < 1.29 is 18.7 Å². The van der Waals surface area contributed by atoms with Gasteiger partial charge in [0.2, 0.25) is 6.79 Å². The molecule has 2 aliphatic rings. The SMILES string of the molecule is CCCN1C(/C=C/c2ccc(-n3cnc(C)c3)c3c2OCO3)=NCC(=O)N1c1ccc(F)cc1. The van der Waals surface area contributed by atoms with Crippen molar-refractivity contribution in [3.8, 4) is 17.2 Å². The number of hydrogen-bond donors (Lipinski definition) is 0. The monoisotopic (exact) mass is 461 g/mol. The number of halogens is 1. The number of amidine groups is 1. The van der Waals surface area contributed by atoms with E-state index in [1.54, 1.807) is 23.5 Å². The lowest BCUT2D eigenvalue weighted by molar-refractivity contribution is -0.119. The maximum Gasteiger partial charge on any atom is 0.267 e. The Morgan fingerprint density at radius 1 is 1.09 bits per heavy atom. The number of aliphatic imine (C=N–C) groups is 1. The highest BCUT2D eigenvalue weighted by atomic mass is 19.1. The molecule has 0 N–H and O–H groups in total. The molecule has 5 rings (SSSR count). The van der Waals surface area contributed by atoms with E-state index in [2.05, 4.69) is 9.98 Å². The summed E-state index contributed by atoms with van der Waals surface area (Å²) >= 11 is 0. The summed E-state index contributed by atoms with van der Waals surface area (Å²) in [6.45, 7) is 4.67. The van der Waals surface area contributed by atoms with Gasteiger partial charge in [-0.25, -0.2) is 14.4 Å². The van der Waals surface area contributed by atoms with E-state index in [9.17, 15) is 9.18 Å². The lowest BCUT2D eigenvalue weighted by Gasteiger charge is -2.38. The lowest BCUT2D eigenvalue weighted by atomic mass is 10.1. The molecule has 0 atom stereocenters. The summed E-state index contributed by atoms with van der Waals surface area (Å²) in [4.78, 5) is 21.5. The van der Waals surface area contributed by atoms with Crippen LogP contribution in [0.2, 0.25) is 0 Å². The maximum atomic E-state index is 13.4. The van der Waals surface area contributed by atoms with Gasteiger partial charge in [-0.2, -0.15) is 0 Å². The zero-order valence-corrected chi connectivity index (χ0v) is 18.9. The summed E-state index contributed by atoms with van der Waals surface area (Å²) in [7, 11) is 0. The first kappa shape index (κ1) is 21.7. The van der Waals surface area contributed by atoms with E-state index in [0.717, 1.165) is 23.4 Å².